The molecule has 0 bridgehead atoms. The van der Waals surface area contributed by atoms with Crippen LogP contribution < -0.4 is 0 Å². The third-order valence-corrected chi connectivity index (χ3v) is 4.27. The SMILES string of the molecule is CC1C(=O)N(C(C)c2ccc(Br)cc2)C(=O)C1C. The molecule has 3 atom stereocenters. The van der Waals surface area contributed by atoms with E-state index in [4.69, 9.17) is 0 Å². The Morgan fingerprint density at radius 2 is 1.50 bits per heavy atom. The van der Waals surface area contributed by atoms with Crippen LogP contribution in [-0.2, 0) is 9.59 Å². The van der Waals surface area contributed by atoms with Crippen molar-refractivity contribution in [3.63, 3.8) is 0 Å². The number of benzene rings is 1. The van der Waals surface area contributed by atoms with Crippen LogP contribution in [0, 0.1) is 11.8 Å². The molecular weight excluding hydrogens is 294 g/mol. The van der Waals surface area contributed by atoms with Crippen LogP contribution in [0.15, 0.2) is 28.7 Å². The molecule has 2 amide bonds. The summed E-state index contributed by atoms with van der Waals surface area (Å²) in [6.07, 6.45) is 0. The summed E-state index contributed by atoms with van der Waals surface area (Å²) in [4.78, 5) is 25.6. The number of carbonyl (C=O) groups excluding carboxylic acids is 2. The minimum Gasteiger partial charge on any atom is -0.275 e. The number of hydrogen-bond acceptors (Lipinski definition) is 2. The van der Waals surface area contributed by atoms with Crippen LogP contribution in [0.2, 0.25) is 0 Å². The van der Waals surface area contributed by atoms with Gasteiger partial charge in [-0.05, 0) is 24.6 Å². The lowest BCUT2D eigenvalue weighted by Crippen LogP contribution is -2.33. The van der Waals surface area contributed by atoms with Crippen molar-refractivity contribution in [2.45, 2.75) is 26.8 Å². The minimum absolute atomic E-state index is 0.0667. The quantitative estimate of drug-likeness (QED) is 0.787. The van der Waals surface area contributed by atoms with E-state index < -0.39 is 0 Å². The van der Waals surface area contributed by atoms with Crippen LogP contribution in [0.3, 0.4) is 0 Å². The third-order valence-electron chi connectivity index (χ3n) is 3.74. The first-order chi connectivity index (χ1) is 8.43. The van der Waals surface area contributed by atoms with Crippen molar-refractivity contribution in [1.82, 2.24) is 4.90 Å². The second kappa shape index (κ2) is 4.84. The fourth-order valence-electron chi connectivity index (χ4n) is 2.25. The zero-order valence-electron chi connectivity index (χ0n) is 10.7. The summed E-state index contributed by atoms with van der Waals surface area (Å²) >= 11 is 3.37. The summed E-state index contributed by atoms with van der Waals surface area (Å²) in [5.41, 5.74) is 0.973. The second-order valence-corrected chi connectivity index (χ2v) is 5.77. The van der Waals surface area contributed by atoms with Gasteiger partial charge in [0.25, 0.3) is 0 Å². The Hall–Kier alpha value is -1.16. The lowest BCUT2D eigenvalue weighted by Gasteiger charge is -2.23. The van der Waals surface area contributed by atoms with Gasteiger partial charge in [0.2, 0.25) is 11.8 Å². The predicted octanol–water partition coefficient (Wildman–Crippen LogP) is 3.15. The zero-order chi connectivity index (χ0) is 13.4. The highest BCUT2D eigenvalue weighted by atomic mass is 79.9. The molecule has 96 valence electrons. The number of nitrogens with zero attached hydrogens (tertiary/aromatic N) is 1. The fraction of sp³-hybridized carbons (Fsp3) is 0.429. The van der Waals surface area contributed by atoms with E-state index in [0.717, 1.165) is 10.0 Å². The average molecular weight is 310 g/mol. The Labute approximate surface area is 115 Å². The largest absolute Gasteiger partial charge is 0.275 e. The van der Waals surface area contributed by atoms with Crippen LogP contribution in [0.5, 0.6) is 0 Å². The molecule has 2 rings (SSSR count). The molecule has 0 radical (unpaired) electrons. The van der Waals surface area contributed by atoms with Gasteiger partial charge in [0.05, 0.1) is 6.04 Å². The molecule has 1 aliphatic rings. The first-order valence-electron chi connectivity index (χ1n) is 6.06. The van der Waals surface area contributed by atoms with Crippen molar-refractivity contribution in [3.05, 3.63) is 34.3 Å². The molecule has 1 aliphatic heterocycles. The van der Waals surface area contributed by atoms with Gasteiger partial charge in [-0.15, -0.1) is 0 Å². The maximum Gasteiger partial charge on any atom is 0.233 e. The Morgan fingerprint density at radius 3 is 1.94 bits per heavy atom. The Morgan fingerprint density at radius 1 is 1.06 bits per heavy atom. The number of carbonyl (C=O) groups is 2. The molecule has 0 N–H and O–H groups in total. The molecule has 0 aliphatic carbocycles. The lowest BCUT2D eigenvalue weighted by molar-refractivity contribution is -0.142. The highest BCUT2D eigenvalue weighted by molar-refractivity contribution is 9.10. The van der Waals surface area contributed by atoms with Crippen LogP contribution in [-0.4, -0.2) is 16.7 Å². The summed E-state index contributed by atoms with van der Waals surface area (Å²) < 4.78 is 0.985. The molecule has 1 heterocycles. The van der Waals surface area contributed by atoms with Crippen LogP contribution in [0.25, 0.3) is 0 Å². The maximum absolute atomic E-state index is 12.1. The topological polar surface area (TPSA) is 37.4 Å². The second-order valence-electron chi connectivity index (χ2n) is 4.85. The number of rotatable bonds is 2. The number of imide groups is 1. The first kappa shape index (κ1) is 13.3. The van der Waals surface area contributed by atoms with Crippen molar-refractivity contribution < 1.29 is 9.59 Å². The standard InChI is InChI=1S/C14H16BrNO2/c1-8-9(2)14(18)16(13(8)17)10(3)11-4-6-12(15)7-5-11/h4-10H,1-3H3. The van der Waals surface area contributed by atoms with Crippen molar-refractivity contribution in [3.8, 4) is 0 Å². The van der Waals surface area contributed by atoms with E-state index in [-0.39, 0.29) is 29.7 Å². The van der Waals surface area contributed by atoms with Gasteiger partial charge in [0, 0.05) is 16.3 Å². The van der Waals surface area contributed by atoms with E-state index in [1.165, 1.54) is 4.90 Å². The summed E-state index contributed by atoms with van der Waals surface area (Å²) in [6, 6.07) is 7.50. The molecule has 18 heavy (non-hydrogen) atoms. The van der Waals surface area contributed by atoms with E-state index in [1.807, 2.05) is 45.0 Å². The molecule has 1 aromatic carbocycles. The van der Waals surface area contributed by atoms with E-state index in [2.05, 4.69) is 15.9 Å². The van der Waals surface area contributed by atoms with Crippen molar-refractivity contribution in [2.24, 2.45) is 11.8 Å². The number of likely N-dealkylation sites (tertiary alicyclic amines) is 1. The van der Waals surface area contributed by atoms with Crippen molar-refractivity contribution in [2.75, 3.05) is 0 Å². The minimum atomic E-state index is -0.213. The van der Waals surface area contributed by atoms with Gasteiger partial charge >= 0.3 is 0 Å². The molecule has 1 fully saturated rings. The number of halogens is 1. The summed E-state index contributed by atoms with van der Waals surface area (Å²) in [6.45, 7) is 5.53. The molecule has 3 nitrogen and oxygen atoms in total. The predicted molar refractivity (Wildman–Crippen MR) is 72.7 cm³/mol. The van der Waals surface area contributed by atoms with Gasteiger partial charge in [0.1, 0.15) is 0 Å². The van der Waals surface area contributed by atoms with E-state index in [9.17, 15) is 9.59 Å². The smallest absolute Gasteiger partial charge is 0.233 e. The average Bonchev–Trinajstić information content (AvgIpc) is 2.54. The van der Waals surface area contributed by atoms with E-state index in [0.29, 0.717) is 0 Å². The van der Waals surface area contributed by atoms with Crippen LogP contribution in [0.1, 0.15) is 32.4 Å². The van der Waals surface area contributed by atoms with E-state index >= 15 is 0 Å². The van der Waals surface area contributed by atoms with Gasteiger partial charge in [-0.25, -0.2) is 0 Å². The fourth-order valence-corrected chi connectivity index (χ4v) is 2.51. The molecular formula is C14H16BrNO2. The Kier molecular flexibility index (Phi) is 3.57. The molecule has 3 unspecified atom stereocenters. The highest BCUT2D eigenvalue weighted by Gasteiger charge is 2.44. The Balaban J connectivity index is 2.29. The highest BCUT2D eigenvalue weighted by Crippen LogP contribution is 2.33. The van der Waals surface area contributed by atoms with Crippen LogP contribution >= 0.6 is 15.9 Å². The zero-order valence-corrected chi connectivity index (χ0v) is 12.3. The van der Waals surface area contributed by atoms with Crippen molar-refractivity contribution >= 4 is 27.7 Å². The molecule has 4 heteroatoms. The van der Waals surface area contributed by atoms with Crippen molar-refractivity contribution in [1.29, 1.82) is 0 Å². The first-order valence-corrected chi connectivity index (χ1v) is 6.85. The van der Waals surface area contributed by atoms with Gasteiger partial charge < -0.3 is 0 Å². The monoisotopic (exact) mass is 309 g/mol. The Bertz CT molecular complexity index is 463. The molecule has 1 aromatic rings. The summed E-state index contributed by atoms with van der Waals surface area (Å²) in [5, 5.41) is 0. The normalized spacial score (nSPS) is 25.7. The van der Waals surface area contributed by atoms with Crippen LogP contribution in [0.4, 0.5) is 0 Å². The summed E-state index contributed by atoms with van der Waals surface area (Å²) in [5.74, 6) is -0.559. The molecule has 0 saturated carbocycles. The third kappa shape index (κ3) is 2.09. The number of hydrogen-bond donors (Lipinski definition) is 0. The van der Waals surface area contributed by atoms with Gasteiger partial charge in [0.15, 0.2) is 0 Å². The van der Waals surface area contributed by atoms with Gasteiger partial charge in [-0.1, -0.05) is 41.9 Å². The molecule has 1 saturated heterocycles. The van der Waals surface area contributed by atoms with E-state index in [1.54, 1.807) is 0 Å². The lowest BCUT2D eigenvalue weighted by atomic mass is 10.00. The van der Waals surface area contributed by atoms with Gasteiger partial charge in [-0.2, -0.15) is 0 Å². The summed E-state index contributed by atoms with van der Waals surface area (Å²) in [7, 11) is 0. The molecule has 0 spiro atoms. The van der Waals surface area contributed by atoms with Gasteiger partial charge in [-0.3, -0.25) is 14.5 Å². The molecule has 0 aromatic heterocycles. The maximum atomic E-state index is 12.1. The number of amides is 2.